The Labute approximate surface area is 148 Å². The highest BCUT2D eigenvalue weighted by Crippen LogP contribution is 2.26. The van der Waals surface area contributed by atoms with Gasteiger partial charge in [-0.05, 0) is 62.1 Å². The number of aryl methyl sites for hydroxylation is 1. The molecule has 1 amide bonds. The number of rotatable bonds is 4. The summed E-state index contributed by atoms with van der Waals surface area (Å²) in [5.74, 6) is 0.0841. The number of piperidine rings is 1. The van der Waals surface area contributed by atoms with Crippen molar-refractivity contribution >= 4 is 27.3 Å². The lowest BCUT2D eigenvalue weighted by Gasteiger charge is -2.27. The summed E-state index contributed by atoms with van der Waals surface area (Å²) in [6, 6.07) is 12.2. The van der Waals surface area contributed by atoms with E-state index in [1.54, 1.807) is 42.2 Å². The molecule has 0 unspecified atom stereocenters. The maximum Gasteiger partial charge on any atom is 0.262 e. The van der Waals surface area contributed by atoms with Gasteiger partial charge in [0, 0.05) is 18.7 Å². The summed E-state index contributed by atoms with van der Waals surface area (Å²) in [5.41, 5.74) is 2.84. The summed E-state index contributed by atoms with van der Waals surface area (Å²) in [4.78, 5) is 14.1. The molecule has 5 nitrogen and oxygen atoms in total. The summed E-state index contributed by atoms with van der Waals surface area (Å²) < 4.78 is 28.1. The molecule has 1 aliphatic heterocycles. The first-order valence-electron chi connectivity index (χ1n) is 8.38. The van der Waals surface area contributed by atoms with E-state index in [-0.39, 0.29) is 10.8 Å². The maximum atomic E-state index is 12.7. The Balaban J connectivity index is 1.89. The lowest BCUT2D eigenvalue weighted by Crippen LogP contribution is -2.35. The number of anilines is 2. The van der Waals surface area contributed by atoms with Crippen LogP contribution in [0.3, 0.4) is 0 Å². The third-order valence-corrected chi connectivity index (χ3v) is 6.10. The quantitative estimate of drug-likeness (QED) is 0.908. The molecule has 0 aromatic heterocycles. The van der Waals surface area contributed by atoms with Gasteiger partial charge < -0.3 is 4.90 Å². The molecule has 0 atom stereocenters. The normalized spacial score (nSPS) is 15.3. The fraction of sp³-hybridized carbons (Fsp3) is 0.316. The van der Waals surface area contributed by atoms with E-state index in [2.05, 4.69) is 4.72 Å². The molecule has 3 rings (SSSR count). The molecule has 1 saturated heterocycles. The molecule has 0 aliphatic carbocycles. The molecule has 6 heteroatoms. The van der Waals surface area contributed by atoms with Crippen molar-refractivity contribution in [3.63, 3.8) is 0 Å². The highest BCUT2D eigenvalue weighted by Gasteiger charge is 2.21. The van der Waals surface area contributed by atoms with Crippen molar-refractivity contribution in [3.8, 4) is 0 Å². The van der Waals surface area contributed by atoms with Crippen LogP contribution < -0.4 is 9.62 Å². The largest absolute Gasteiger partial charge is 0.312 e. The van der Waals surface area contributed by atoms with E-state index in [1.807, 2.05) is 19.1 Å². The number of nitrogens with zero attached hydrogens (tertiary/aromatic N) is 1. The first kappa shape index (κ1) is 17.5. The molecule has 0 spiro atoms. The van der Waals surface area contributed by atoms with Crippen LogP contribution >= 0.6 is 0 Å². The Kier molecular flexibility index (Phi) is 4.81. The van der Waals surface area contributed by atoms with Crippen LogP contribution in [0.25, 0.3) is 0 Å². The molecule has 1 heterocycles. The number of amides is 1. The van der Waals surface area contributed by atoms with Crippen LogP contribution in [0.1, 0.15) is 30.4 Å². The van der Waals surface area contributed by atoms with Gasteiger partial charge in [-0.2, -0.15) is 0 Å². The minimum Gasteiger partial charge on any atom is -0.312 e. The number of nitrogens with one attached hydrogen (secondary N) is 1. The molecular formula is C19H22N2O3S. The molecule has 1 aliphatic rings. The van der Waals surface area contributed by atoms with Gasteiger partial charge in [0.15, 0.2) is 0 Å². The second-order valence-electron chi connectivity index (χ2n) is 6.36. The van der Waals surface area contributed by atoms with Gasteiger partial charge >= 0.3 is 0 Å². The zero-order valence-corrected chi connectivity index (χ0v) is 15.3. The SMILES string of the molecule is Cc1cccc(S(=O)(=O)Nc2cccc(N3CCCCC3=O)c2)c1C. The number of carbonyl (C=O) groups excluding carboxylic acids is 1. The van der Waals surface area contributed by atoms with Crippen molar-refractivity contribution in [1.29, 1.82) is 0 Å². The smallest absolute Gasteiger partial charge is 0.262 e. The van der Waals surface area contributed by atoms with Gasteiger partial charge in [-0.15, -0.1) is 0 Å². The average Bonchev–Trinajstić information content (AvgIpc) is 2.57. The van der Waals surface area contributed by atoms with Crippen LogP contribution in [0.15, 0.2) is 47.4 Å². The fourth-order valence-corrected chi connectivity index (χ4v) is 4.41. The Bertz CT molecular complexity index is 907. The minimum atomic E-state index is -3.68. The van der Waals surface area contributed by atoms with Gasteiger partial charge in [-0.25, -0.2) is 8.42 Å². The zero-order chi connectivity index (χ0) is 18.0. The van der Waals surface area contributed by atoms with Crippen molar-refractivity contribution in [2.24, 2.45) is 0 Å². The third-order valence-electron chi connectivity index (χ3n) is 4.58. The van der Waals surface area contributed by atoms with Crippen molar-refractivity contribution in [1.82, 2.24) is 0 Å². The summed E-state index contributed by atoms with van der Waals surface area (Å²) in [6.45, 7) is 4.36. The van der Waals surface area contributed by atoms with Gasteiger partial charge in [0.25, 0.3) is 10.0 Å². The number of hydrogen-bond acceptors (Lipinski definition) is 3. The minimum absolute atomic E-state index is 0.0841. The van der Waals surface area contributed by atoms with Gasteiger partial charge in [0.2, 0.25) is 5.91 Å². The summed E-state index contributed by atoms with van der Waals surface area (Å²) >= 11 is 0. The van der Waals surface area contributed by atoms with E-state index >= 15 is 0 Å². The first-order chi connectivity index (χ1) is 11.9. The lowest BCUT2D eigenvalue weighted by atomic mass is 10.1. The van der Waals surface area contributed by atoms with Crippen LogP contribution in [0.2, 0.25) is 0 Å². The standard InChI is InChI=1S/C19H22N2O3S/c1-14-7-5-10-18(15(14)2)25(23,24)20-16-8-6-9-17(13-16)21-12-4-3-11-19(21)22/h5-10,13,20H,3-4,11-12H2,1-2H3. The number of benzene rings is 2. The Morgan fingerprint density at radius 3 is 2.56 bits per heavy atom. The Morgan fingerprint density at radius 2 is 1.80 bits per heavy atom. The van der Waals surface area contributed by atoms with Gasteiger partial charge in [-0.3, -0.25) is 9.52 Å². The van der Waals surface area contributed by atoms with Crippen LogP contribution in [0, 0.1) is 13.8 Å². The molecule has 0 radical (unpaired) electrons. The van der Waals surface area contributed by atoms with Gasteiger partial charge in [-0.1, -0.05) is 18.2 Å². The fourth-order valence-electron chi connectivity index (χ4n) is 3.04. The van der Waals surface area contributed by atoms with Gasteiger partial charge in [0.05, 0.1) is 10.6 Å². The molecule has 0 bridgehead atoms. The van der Waals surface area contributed by atoms with Crippen LogP contribution in [-0.2, 0) is 14.8 Å². The zero-order valence-electron chi connectivity index (χ0n) is 14.5. The second-order valence-corrected chi connectivity index (χ2v) is 8.01. The van der Waals surface area contributed by atoms with Crippen LogP contribution in [0.4, 0.5) is 11.4 Å². The summed E-state index contributed by atoms with van der Waals surface area (Å²) in [5, 5.41) is 0. The van der Waals surface area contributed by atoms with E-state index in [0.29, 0.717) is 18.7 Å². The average molecular weight is 358 g/mol. The third kappa shape index (κ3) is 3.69. The molecule has 1 N–H and O–H groups in total. The molecule has 2 aromatic rings. The van der Waals surface area contributed by atoms with Crippen molar-refractivity contribution in [3.05, 3.63) is 53.6 Å². The monoisotopic (exact) mass is 358 g/mol. The lowest BCUT2D eigenvalue weighted by molar-refractivity contribution is -0.119. The highest BCUT2D eigenvalue weighted by atomic mass is 32.2. The van der Waals surface area contributed by atoms with Crippen molar-refractivity contribution in [2.75, 3.05) is 16.2 Å². The Hall–Kier alpha value is -2.34. The molecule has 2 aromatic carbocycles. The first-order valence-corrected chi connectivity index (χ1v) is 9.86. The van der Waals surface area contributed by atoms with E-state index in [4.69, 9.17) is 0 Å². The maximum absolute atomic E-state index is 12.7. The van der Waals surface area contributed by atoms with Gasteiger partial charge in [0.1, 0.15) is 0 Å². The number of carbonyl (C=O) groups is 1. The second kappa shape index (κ2) is 6.88. The van der Waals surface area contributed by atoms with Crippen molar-refractivity contribution in [2.45, 2.75) is 38.0 Å². The molecule has 0 saturated carbocycles. The Morgan fingerprint density at radius 1 is 1.04 bits per heavy atom. The number of hydrogen-bond donors (Lipinski definition) is 1. The van der Waals surface area contributed by atoms with E-state index < -0.39 is 10.0 Å². The van der Waals surface area contributed by atoms with Crippen LogP contribution in [0.5, 0.6) is 0 Å². The topological polar surface area (TPSA) is 66.5 Å². The predicted molar refractivity (Wildman–Crippen MR) is 99.4 cm³/mol. The summed E-state index contributed by atoms with van der Waals surface area (Å²) in [6.07, 6.45) is 2.41. The van der Waals surface area contributed by atoms with E-state index in [1.165, 1.54) is 0 Å². The number of sulfonamides is 1. The molecule has 25 heavy (non-hydrogen) atoms. The highest BCUT2D eigenvalue weighted by molar-refractivity contribution is 7.92. The van der Waals surface area contributed by atoms with E-state index in [0.717, 1.165) is 29.7 Å². The predicted octanol–water partition coefficient (Wildman–Crippen LogP) is 3.62. The van der Waals surface area contributed by atoms with Crippen LogP contribution in [-0.4, -0.2) is 20.9 Å². The van der Waals surface area contributed by atoms with Crippen molar-refractivity contribution < 1.29 is 13.2 Å². The molecular weight excluding hydrogens is 336 g/mol. The van der Waals surface area contributed by atoms with E-state index in [9.17, 15) is 13.2 Å². The molecule has 1 fully saturated rings. The molecule has 132 valence electrons. The summed E-state index contributed by atoms with van der Waals surface area (Å²) in [7, 11) is -3.68.